The molecule has 1 aromatic rings. The molecule has 0 saturated heterocycles. The fraction of sp³-hybridized carbons (Fsp3) is 0.625. The SMILES string of the molecule is CCCN(Cc1ccc(OC)c(OC)c1)C(C)(C)CN. The highest BCUT2D eigenvalue weighted by Crippen LogP contribution is 2.29. The van der Waals surface area contributed by atoms with Crippen LogP contribution in [-0.4, -0.2) is 37.7 Å². The highest BCUT2D eigenvalue weighted by molar-refractivity contribution is 5.42. The maximum Gasteiger partial charge on any atom is 0.161 e. The van der Waals surface area contributed by atoms with Gasteiger partial charge in [-0.25, -0.2) is 0 Å². The van der Waals surface area contributed by atoms with Crippen molar-refractivity contribution in [1.82, 2.24) is 4.90 Å². The second-order valence-corrected chi connectivity index (χ2v) is 5.63. The van der Waals surface area contributed by atoms with Crippen LogP contribution in [0.3, 0.4) is 0 Å². The molecule has 0 aliphatic heterocycles. The third-order valence-corrected chi connectivity index (χ3v) is 3.67. The first-order chi connectivity index (χ1) is 9.48. The summed E-state index contributed by atoms with van der Waals surface area (Å²) < 4.78 is 10.6. The van der Waals surface area contributed by atoms with E-state index in [0.29, 0.717) is 6.54 Å². The Bertz CT molecular complexity index is 419. The molecule has 0 unspecified atom stereocenters. The zero-order valence-corrected chi connectivity index (χ0v) is 13.4. The van der Waals surface area contributed by atoms with E-state index in [1.165, 1.54) is 5.56 Å². The van der Waals surface area contributed by atoms with E-state index in [4.69, 9.17) is 15.2 Å². The van der Waals surface area contributed by atoms with E-state index in [-0.39, 0.29) is 5.54 Å². The minimum absolute atomic E-state index is 0.0107. The predicted octanol–water partition coefficient (Wildman–Crippen LogP) is 2.65. The van der Waals surface area contributed by atoms with E-state index in [1.54, 1.807) is 14.2 Å². The zero-order valence-electron chi connectivity index (χ0n) is 13.4. The van der Waals surface area contributed by atoms with Crippen molar-refractivity contribution >= 4 is 0 Å². The molecule has 0 aromatic heterocycles. The van der Waals surface area contributed by atoms with Gasteiger partial charge in [-0.15, -0.1) is 0 Å². The molecular weight excluding hydrogens is 252 g/mol. The molecule has 20 heavy (non-hydrogen) atoms. The van der Waals surface area contributed by atoms with Crippen molar-refractivity contribution in [2.45, 2.75) is 39.3 Å². The van der Waals surface area contributed by atoms with E-state index < -0.39 is 0 Å². The maximum atomic E-state index is 5.91. The lowest BCUT2D eigenvalue weighted by Gasteiger charge is -2.37. The third-order valence-electron chi connectivity index (χ3n) is 3.67. The molecule has 2 N–H and O–H groups in total. The summed E-state index contributed by atoms with van der Waals surface area (Å²) in [6.07, 6.45) is 1.11. The van der Waals surface area contributed by atoms with Gasteiger partial charge in [0.2, 0.25) is 0 Å². The number of benzene rings is 1. The molecule has 0 fully saturated rings. The molecule has 1 rings (SSSR count). The molecule has 0 saturated carbocycles. The Hall–Kier alpha value is -1.26. The van der Waals surface area contributed by atoms with E-state index >= 15 is 0 Å². The van der Waals surface area contributed by atoms with E-state index in [1.807, 2.05) is 12.1 Å². The Labute approximate surface area is 122 Å². The summed E-state index contributed by atoms with van der Waals surface area (Å²) >= 11 is 0. The lowest BCUT2D eigenvalue weighted by atomic mass is 10.0. The Kier molecular flexibility index (Phi) is 6.30. The first-order valence-corrected chi connectivity index (χ1v) is 7.14. The van der Waals surface area contributed by atoms with Crippen LogP contribution < -0.4 is 15.2 Å². The quantitative estimate of drug-likeness (QED) is 0.795. The minimum atomic E-state index is -0.0107. The van der Waals surface area contributed by atoms with Gasteiger partial charge in [0.15, 0.2) is 11.5 Å². The summed E-state index contributed by atoms with van der Waals surface area (Å²) in [5, 5.41) is 0. The van der Waals surface area contributed by atoms with Gasteiger partial charge in [-0.3, -0.25) is 4.90 Å². The topological polar surface area (TPSA) is 47.7 Å². The molecule has 0 bridgehead atoms. The van der Waals surface area contributed by atoms with Crippen molar-refractivity contribution in [3.8, 4) is 11.5 Å². The van der Waals surface area contributed by atoms with Gasteiger partial charge in [0.25, 0.3) is 0 Å². The summed E-state index contributed by atoms with van der Waals surface area (Å²) in [6, 6.07) is 6.07. The molecule has 0 amide bonds. The van der Waals surface area contributed by atoms with Gasteiger partial charge in [-0.2, -0.15) is 0 Å². The lowest BCUT2D eigenvalue weighted by Crippen LogP contribution is -2.49. The molecule has 1 aromatic carbocycles. The summed E-state index contributed by atoms with van der Waals surface area (Å²) in [7, 11) is 3.31. The van der Waals surface area contributed by atoms with Crippen LogP contribution in [0.5, 0.6) is 11.5 Å². The van der Waals surface area contributed by atoms with Crippen LogP contribution in [0.15, 0.2) is 18.2 Å². The summed E-state index contributed by atoms with van der Waals surface area (Å²) in [5.74, 6) is 1.53. The highest BCUT2D eigenvalue weighted by Gasteiger charge is 2.24. The Morgan fingerprint density at radius 2 is 1.80 bits per heavy atom. The number of hydrogen-bond acceptors (Lipinski definition) is 4. The van der Waals surface area contributed by atoms with Crippen LogP contribution in [-0.2, 0) is 6.54 Å². The number of rotatable bonds is 8. The molecule has 0 radical (unpaired) electrons. The Balaban J connectivity index is 2.94. The van der Waals surface area contributed by atoms with Crippen LogP contribution in [0.2, 0.25) is 0 Å². The molecule has 0 spiro atoms. The smallest absolute Gasteiger partial charge is 0.161 e. The zero-order chi connectivity index (χ0) is 15.2. The van der Waals surface area contributed by atoms with Gasteiger partial charge in [0.1, 0.15) is 0 Å². The van der Waals surface area contributed by atoms with Crippen LogP contribution in [0.1, 0.15) is 32.8 Å². The molecule has 0 aliphatic rings. The number of methoxy groups -OCH3 is 2. The molecule has 0 atom stereocenters. The normalized spacial score (nSPS) is 11.8. The van der Waals surface area contributed by atoms with Crippen molar-refractivity contribution in [3.05, 3.63) is 23.8 Å². The molecule has 4 nitrogen and oxygen atoms in total. The lowest BCUT2D eigenvalue weighted by molar-refractivity contribution is 0.118. The van der Waals surface area contributed by atoms with Gasteiger partial charge < -0.3 is 15.2 Å². The highest BCUT2D eigenvalue weighted by atomic mass is 16.5. The molecule has 0 aliphatic carbocycles. The minimum Gasteiger partial charge on any atom is -0.493 e. The van der Waals surface area contributed by atoms with Crippen molar-refractivity contribution in [3.63, 3.8) is 0 Å². The van der Waals surface area contributed by atoms with Crippen molar-refractivity contribution < 1.29 is 9.47 Å². The fourth-order valence-corrected chi connectivity index (χ4v) is 2.19. The van der Waals surface area contributed by atoms with Gasteiger partial charge in [-0.05, 0) is 44.5 Å². The maximum absolute atomic E-state index is 5.91. The van der Waals surface area contributed by atoms with Crippen LogP contribution in [0.4, 0.5) is 0 Å². The second kappa shape index (κ2) is 7.50. The Morgan fingerprint density at radius 1 is 1.15 bits per heavy atom. The second-order valence-electron chi connectivity index (χ2n) is 5.63. The first kappa shape index (κ1) is 16.8. The van der Waals surface area contributed by atoms with Gasteiger partial charge >= 0.3 is 0 Å². The average molecular weight is 280 g/mol. The number of hydrogen-bond donors (Lipinski definition) is 1. The predicted molar refractivity (Wildman–Crippen MR) is 83.4 cm³/mol. The fourth-order valence-electron chi connectivity index (χ4n) is 2.19. The van der Waals surface area contributed by atoms with Crippen molar-refractivity contribution in [1.29, 1.82) is 0 Å². The Morgan fingerprint density at radius 3 is 2.30 bits per heavy atom. The molecule has 114 valence electrons. The first-order valence-electron chi connectivity index (χ1n) is 7.14. The summed E-state index contributed by atoms with van der Waals surface area (Å²) in [6.45, 7) is 9.08. The summed E-state index contributed by atoms with van der Waals surface area (Å²) in [4.78, 5) is 2.41. The van der Waals surface area contributed by atoms with Crippen LogP contribution in [0, 0.1) is 0 Å². The van der Waals surface area contributed by atoms with Gasteiger partial charge in [-0.1, -0.05) is 13.0 Å². The van der Waals surface area contributed by atoms with Crippen molar-refractivity contribution in [2.75, 3.05) is 27.3 Å². The standard InChI is InChI=1S/C16H28N2O2/c1-6-9-18(16(2,3)12-17)11-13-7-8-14(19-4)15(10-13)20-5/h7-8,10H,6,9,11-12,17H2,1-5H3. The van der Waals surface area contributed by atoms with Crippen LogP contribution in [0.25, 0.3) is 0 Å². The number of nitrogens with two attached hydrogens (primary N) is 1. The van der Waals surface area contributed by atoms with Gasteiger partial charge in [0, 0.05) is 18.6 Å². The third kappa shape index (κ3) is 4.12. The van der Waals surface area contributed by atoms with Crippen LogP contribution >= 0.6 is 0 Å². The molecular formula is C16H28N2O2. The number of nitrogens with zero attached hydrogens (tertiary/aromatic N) is 1. The summed E-state index contributed by atoms with van der Waals surface area (Å²) in [5.41, 5.74) is 7.10. The van der Waals surface area contributed by atoms with E-state index in [2.05, 4.69) is 31.7 Å². The molecule has 0 heterocycles. The largest absolute Gasteiger partial charge is 0.493 e. The average Bonchev–Trinajstić information content (AvgIpc) is 2.46. The van der Waals surface area contributed by atoms with Gasteiger partial charge in [0.05, 0.1) is 14.2 Å². The van der Waals surface area contributed by atoms with E-state index in [0.717, 1.165) is 31.0 Å². The van der Waals surface area contributed by atoms with E-state index in [9.17, 15) is 0 Å². The van der Waals surface area contributed by atoms with Crippen molar-refractivity contribution in [2.24, 2.45) is 5.73 Å². The molecule has 4 heteroatoms. The number of ether oxygens (including phenoxy) is 2. The monoisotopic (exact) mass is 280 g/mol.